The predicted octanol–water partition coefficient (Wildman–Crippen LogP) is 0.669. The Labute approximate surface area is 113 Å². The molecule has 0 aliphatic rings. The second-order valence-corrected chi connectivity index (χ2v) is 4.86. The molecular formula is C13H11N2O3S-. The Bertz CT molecular complexity index is 625. The van der Waals surface area contributed by atoms with Gasteiger partial charge in [-0.3, -0.25) is 4.79 Å². The summed E-state index contributed by atoms with van der Waals surface area (Å²) in [5.41, 5.74) is 1.15. The number of nitrogens with zero attached hydrogens (tertiary/aromatic N) is 1. The molecule has 0 radical (unpaired) electrons. The summed E-state index contributed by atoms with van der Waals surface area (Å²) in [7, 11) is 0. The maximum Gasteiger partial charge on any atom is 0.252 e. The fourth-order valence-corrected chi connectivity index (χ4v) is 2.29. The van der Waals surface area contributed by atoms with Gasteiger partial charge in [-0.15, -0.1) is 0 Å². The molecule has 0 atom stereocenters. The van der Waals surface area contributed by atoms with E-state index in [4.69, 9.17) is 0 Å². The molecule has 0 amide bonds. The van der Waals surface area contributed by atoms with Crippen LogP contribution in [-0.4, -0.2) is 21.7 Å². The van der Waals surface area contributed by atoms with Crippen molar-refractivity contribution in [2.24, 2.45) is 0 Å². The Morgan fingerprint density at radius 1 is 1.32 bits per heavy atom. The number of thioether (sulfide) groups is 1. The van der Waals surface area contributed by atoms with Crippen LogP contribution in [0.1, 0.15) is 6.42 Å². The lowest BCUT2D eigenvalue weighted by molar-refractivity contribution is -0.305. The number of rotatable bonds is 5. The van der Waals surface area contributed by atoms with Crippen molar-refractivity contribution in [3.8, 4) is 11.3 Å². The third kappa shape index (κ3) is 3.96. The van der Waals surface area contributed by atoms with Crippen LogP contribution in [0.3, 0.4) is 0 Å². The highest BCUT2D eigenvalue weighted by atomic mass is 32.2. The average Bonchev–Trinajstić information content (AvgIpc) is 2.39. The van der Waals surface area contributed by atoms with Crippen molar-refractivity contribution in [3.05, 3.63) is 46.8 Å². The first-order valence-electron chi connectivity index (χ1n) is 5.64. The first-order valence-corrected chi connectivity index (χ1v) is 6.63. The van der Waals surface area contributed by atoms with E-state index in [1.165, 1.54) is 17.8 Å². The molecule has 0 spiro atoms. The highest BCUT2D eigenvalue weighted by Crippen LogP contribution is 2.18. The van der Waals surface area contributed by atoms with E-state index < -0.39 is 5.97 Å². The van der Waals surface area contributed by atoms with Crippen LogP contribution in [0.15, 0.2) is 46.3 Å². The van der Waals surface area contributed by atoms with Crippen molar-refractivity contribution in [3.63, 3.8) is 0 Å². The number of aliphatic carboxylic acids is 1. The summed E-state index contributed by atoms with van der Waals surface area (Å²) in [6.07, 6.45) is -0.0794. The van der Waals surface area contributed by atoms with Crippen molar-refractivity contribution in [2.75, 3.05) is 5.75 Å². The van der Waals surface area contributed by atoms with E-state index in [0.717, 1.165) is 5.56 Å². The summed E-state index contributed by atoms with van der Waals surface area (Å²) in [6, 6.07) is 10.7. The fraction of sp³-hybridized carbons (Fsp3) is 0.154. The Kier molecular flexibility index (Phi) is 4.35. The normalized spacial score (nSPS) is 10.3. The first-order chi connectivity index (χ1) is 9.15. The number of carbonyl (C=O) groups is 1. The van der Waals surface area contributed by atoms with Crippen molar-refractivity contribution in [2.45, 2.75) is 11.6 Å². The molecule has 0 saturated carbocycles. The topological polar surface area (TPSA) is 85.9 Å². The zero-order valence-corrected chi connectivity index (χ0v) is 10.8. The zero-order valence-electron chi connectivity index (χ0n) is 9.96. The Morgan fingerprint density at radius 3 is 2.74 bits per heavy atom. The molecule has 19 heavy (non-hydrogen) atoms. The lowest BCUT2D eigenvalue weighted by atomic mass is 10.1. The molecule has 0 unspecified atom stereocenters. The van der Waals surface area contributed by atoms with Gasteiger partial charge in [0.15, 0.2) is 5.16 Å². The summed E-state index contributed by atoms with van der Waals surface area (Å²) in [5.74, 6) is -0.808. The van der Waals surface area contributed by atoms with Crippen molar-refractivity contribution < 1.29 is 9.90 Å². The summed E-state index contributed by atoms with van der Waals surface area (Å²) >= 11 is 1.18. The number of H-pyrrole nitrogens is 1. The van der Waals surface area contributed by atoms with Crippen LogP contribution in [0.2, 0.25) is 0 Å². The third-order valence-electron chi connectivity index (χ3n) is 2.33. The molecule has 98 valence electrons. The van der Waals surface area contributed by atoms with E-state index in [1.807, 2.05) is 30.3 Å². The van der Waals surface area contributed by atoms with Crippen molar-refractivity contribution in [1.82, 2.24) is 9.97 Å². The van der Waals surface area contributed by atoms with Gasteiger partial charge in [0, 0.05) is 23.4 Å². The van der Waals surface area contributed by atoms with Crippen LogP contribution >= 0.6 is 11.8 Å². The van der Waals surface area contributed by atoms with Gasteiger partial charge >= 0.3 is 0 Å². The van der Waals surface area contributed by atoms with Gasteiger partial charge < -0.3 is 14.9 Å². The average molecular weight is 275 g/mol. The maximum absolute atomic E-state index is 11.5. The van der Waals surface area contributed by atoms with Gasteiger partial charge in [0.1, 0.15) is 0 Å². The molecule has 0 fully saturated rings. The molecule has 1 heterocycles. The maximum atomic E-state index is 11.5. The Morgan fingerprint density at radius 2 is 2.05 bits per heavy atom. The van der Waals surface area contributed by atoms with E-state index in [9.17, 15) is 14.7 Å². The van der Waals surface area contributed by atoms with E-state index >= 15 is 0 Å². The van der Waals surface area contributed by atoms with Crippen LogP contribution in [0.5, 0.6) is 0 Å². The van der Waals surface area contributed by atoms with Gasteiger partial charge in [-0.05, 0) is 6.42 Å². The van der Waals surface area contributed by atoms with Gasteiger partial charge in [0.05, 0.1) is 5.69 Å². The smallest absolute Gasteiger partial charge is 0.252 e. The molecule has 0 bridgehead atoms. The third-order valence-corrected chi connectivity index (χ3v) is 3.21. The van der Waals surface area contributed by atoms with Crippen LogP contribution in [-0.2, 0) is 4.79 Å². The van der Waals surface area contributed by atoms with E-state index in [1.54, 1.807) is 0 Å². The highest BCUT2D eigenvalue weighted by molar-refractivity contribution is 7.99. The first kappa shape index (κ1) is 13.4. The van der Waals surface area contributed by atoms with E-state index in [-0.39, 0.29) is 12.0 Å². The number of hydrogen-bond donors (Lipinski definition) is 1. The SMILES string of the molecule is O=C([O-])CCSc1nc(-c2ccccc2)cc(=O)[nH]1. The molecule has 6 heteroatoms. The van der Waals surface area contributed by atoms with Crippen molar-refractivity contribution in [1.29, 1.82) is 0 Å². The number of carbonyl (C=O) groups excluding carboxylic acids is 1. The van der Waals surface area contributed by atoms with E-state index in [0.29, 0.717) is 16.6 Å². The van der Waals surface area contributed by atoms with Gasteiger partial charge in [-0.1, -0.05) is 42.1 Å². The molecule has 2 rings (SSSR count). The Hall–Kier alpha value is -2.08. The fourth-order valence-electron chi connectivity index (χ4n) is 1.49. The lowest BCUT2D eigenvalue weighted by Gasteiger charge is -2.04. The predicted molar refractivity (Wildman–Crippen MR) is 70.6 cm³/mol. The van der Waals surface area contributed by atoms with Gasteiger partial charge in [0.2, 0.25) is 0 Å². The number of carboxylic acid groups (broad SMARTS) is 1. The zero-order chi connectivity index (χ0) is 13.7. The molecule has 5 nitrogen and oxygen atoms in total. The van der Waals surface area contributed by atoms with Gasteiger partial charge in [0.25, 0.3) is 5.56 Å². The molecule has 0 aliphatic heterocycles. The quantitative estimate of drug-likeness (QED) is 0.640. The molecule has 1 aromatic carbocycles. The van der Waals surface area contributed by atoms with Crippen LogP contribution < -0.4 is 10.7 Å². The Balaban J connectivity index is 2.20. The minimum Gasteiger partial charge on any atom is -0.550 e. The number of carboxylic acids is 1. The summed E-state index contributed by atoms with van der Waals surface area (Å²) in [4.78, 5) is 28.7. The molecular weight excluding hydrogens is 264 g/mol. The number of aromatic nitrogens is 2. The summed E-state index contributed by atoms with van der Waals surface area (Å²) < 4.78 is 0. The number of benzene rings is 1. The number of nitrogens with one attached hydrogen (secondary N) is 1. The lowest BCUT2D eigenvalue weighted by Crippen LogP contribution is -2.22. The molecule has 0 saturated heterocycles. The summed E-state index contributed by atoms with van der Waals surface area (Å²) in [6.45, 7) is 0. The molecule has 2 aromatic rings. The number of aromatic amines is 1. The largest absolute Gasteiger partial charge is 0.550 e. The van der Waals surface area contributed by atoms with Gasteiger partial charge in [-0.2, -0.15) is 0 Å². The van der Waals surface area contributed by atoms with Gasteiger partial charge in [-0.25, -0.2) is 4.98 Å². The second kappa shape index (κ2) is 6.19. The minimum absolute atomic E-state index is 0.0794. The minimum atomic E-state index is -1.12. The van der Waals surface area contributed by atoms with E-state index in [2.05, 4.69) is 9.97 Å². The summed E-state index contributed by atoms with van der Waals surface area (Å²) in [5, 5.41) is 10.7. The molecule has 0 aliphatic carbocycles. The monoisotopic (exact) mass is 275 g/mol. The molecule has 1 N–H and O–H groups in total. The standard InChI is InChI=1S/C13H12N2O3S/c16-11-8-10(9-4-2-1-3-5-9)14-13(15-11)19-7-6-12(17)18/h1-5,8H,6-7H2,(H,17,18)(H,14,15,16)/p-1. The highest BCUT2D eigenvalue weighted by Gasteiger charge is 2.04. The van der Waals surface area contributed by atoms with Crippen molar-refractivity contribution >= 4 is 17.7 Å². The van der Waals surface area contributed by atoms with Crippen LogP contribution in [0.25, 0.3) is 11.3 Å². The van der Waals surface area contributed by atoms with Crippen LogP contribution in [0.4, 0.5) is 0 Å². The van der Waals surface area contributed by atoms with Crippen LogP contribution in [0, 0.1) is 0 Å². The number of hydrogen-bond acceptors (Lipinski definition) is 5. The molecule has 1 aromatic heterocycles. The second-order valence-electron chi connectivity index (χ2n) is 3.77.